The zero-order chi connectivity index (χ0) is 6.57. The number of nitrogens with zero attached hydrogens (tertiary/aromatic N) is 2. The van der Waals surface area contributed by atoms with Gasteiger partial charge in [-0.25, -0.2) is 4.99 Å². The van der Waals surface area contributed by atoms with Crippen molar-refractivity contribution in [1.82, 2.24) is 4.90 Å². The third kappa shape index (κ3) is 2.64. The van der Waals surface area contributed by atoms with E-state index in [-0.39, 0.29) is 0 Å². The van der Waals surface area contributed by atoms with Gasteiger partial charge in [0.25, 0.3) is 0 Å². The Morgan fingerprint density at radius 1 is 1.75 bits per heavy atom. The van der Waals surface area contributed by atoms with E-state index in [1.807, 2.05) is 14.1 Å². The first-order chi connectivity index (χ1) is 3.68. The van der Waals surface area contributed by atoms with Crippen LogP contribution in [0.15, 0.2) is 17.8 Å². The predicted octanol–water partition coefficient (Wildman–Crippen LogP) is 1.29. The van der Waals surface area contributed by atoms with Crippen molar-refractivity contribution in [3.05, 3.63) is 12.8 Å². The van der Waals surface area contributed by atoms with E-state index in [1.165, 1.54) is 6.20 Å². The van der Waals surface area contributed by atoms with Crippen molar-refractivity contribution in [2.24, 2.45) is 4.99 Å². The van der Waals surface area contributed by atoms with Crippen molar-refractivity contribution in [3.8, 4) is 0 Å². The van der Waals surface area contributed by atoms with Crippen LogP contribution < -0.4 is 0 Å². The number of hydrogen-bond donors (Lipinski definition) is 0. The lowest BCUT2D eigenvalue weighted by Gasteiger charge is -2.05. The molecule has 8 heavy (non-hydrogen) atoms. The van der Waals surface area contributed by atoms with Crippen molar-refractivity contribution in [2.75, 3.05) is 14.1 Å². The van der Waals surface area contributed by atoms with Crippen molar-refractivity contribution in [1.29, 1.82) is 0 Å². The number of amidine groups is 1. The second-order valence-electron chi connectivity index (χ2n) is 1.48. The molecule has 0 amide bonds. The molecule has 0 bridgehead atoms. The quantitative estimate of drug-likeness (QED) is 0.298. The zero-order valence-electron chi connectivity index (χ0n) is 5.06. The highest BCUT2D eigenvalue weighted by Gasteiger charge is 1.90. The maximum atomic E-state index is 5.52. The van der Waals surface area contributed by atoms with Gasteiger partial charge in [0.15, 0.2) is 5.29 Å². The molecule has 46 valence electrons. The molecule has 2 nitrogen and oxygen atoms in total. The fourth-order valence-electron chi connectivity index (χ4n) is 0.191. The Kier molecular flexibility index (Phi) is 3.28. The molecule has 0 aromatic carbocycles. The maximum absolute atomic E-state index is 5.52. The molecular formula is C5H9ClN2. The number of aliphatic imine (C=N–C) groups is 1. The summed E-state index contributed by atoms with van der Waals surface area (Å²) >= 11 is 5.52. The first-order valence-electron chi connectivity index (χ1n) is 2.20. The van der Waals surface area contributed by atoms with E-state index in [2.05, 4.69) is 11.6 Å². The lowest BCUT2D eigenvalue weighted by atomic mass is 10.9. The second kappa shape index (κ2) is 3.50. The fraction of sp³-hybridized carbons (Fsp3) is 0.400. The SMILES string of the molecule is C=C/N=C(/Cl)N(C)C. The first-order valence-corrected chi connectivity index (χ1v) is 2.58. The Hall–Kier alpha value is -0.500. The number of rotatable bonds is 1. The van der Waals surface area contributed by atoms with Gasteiger partial charge in [-0.1, -0.05) is 6.58 Å². The molecule has 0 saturated carbocycles. The van der Waals surface area contributed by atoms with Crippen LogP contribution in [-0.2, 0) is 0 Å². The summed E-state index contributed by atoms with van der Waals surface area (Å²) in [5.74, 6) is 0. The van der Waals surface area contributed by atoms with Gasteiger partial charge < -0.3 is 4.90 Å². The van der Waals surface area contributed by atoms with E-state index >= 15 is 0 Å². The molecule has 3 heteroatoms. The van der Waals surface area contributed by atoms with Gasteiger partial charge in [0.1, 0.15) is 0 Å². The topological polar surface area (TPSA) is 15.6 Å². The summed E-state index contributed by atoms with van der Waals surface area (Å²) in [4.78, 5) is 5.39. The molecule has 0 fully saturated rings. The summed E-state index contributed by atoms with van der Waals surface area (Å²) in [6.07, 6.45) is 1.41. The van der Waals surface area contributed by atoms with E-state index in [0.717, 1.165) is 0 Å². The van der Waals surface area contributed by atoms with Crippen LogP contribution in [0, 0.1) is 0 Å². The van der Waals surface area contributed by atoms with Crippen molar-refractivity contribution >= 4 is 16.9 Å². The molecule has 0 N–H and O–H groups in total. The molecule has 0 aromatic rings. The highest BCUT2D eigenvalue weighted by atomic mass is 35.5. The summed E-state index contributed by atoms with van der Waals surface area (Å²) in [5.41, 5.74) is 0. The van der Waals surface area contributed by atoms with Crippen LogP contribution in [0.3, 0.4) is 0 Å². The van der Waals surface area contributed by atoms with E-state index in [0.29, 0.717) is 5.29 Å². The smallest absolute Gasteiger partial charge is 0.197 e. The minimum absolute atomic E-state index is 0.444. The van der Waals surface area contributed by atoms with Gasteiger partial charge in [-0.05, 0) is 11.6 Å². The third-order valence-electron chi connectivity index (χ3n) is 0.567. The first kappa shape index (κ1) is 7.50. The van der Waals surface area contributed by atoms with E-state index < -0.39 is 0 Å². The van der Waals surface area contributed by atoms with Crippen LogP contribution in [-0.4, -0.2) is 24.3 Å². The molecule has 0 radical (unpaired) electrons. The Morgan fingerprint density at radius 2 is 2.25 bits per heavy atom. The molecule has 0 saturated heterocycles. The summed E-state index contributed by atoms with van der Waals surface area (Å²) in [5, 5.41) is 0.444. The van der Waals surface area contributed by atoms with E-state index in [4.69, 9.17) is 11.6 Å². The molecule has 0 atom stereocenters. The molecule has 0 aromatic heterocycles. The number of hydrogen-bond acceptors (Lipinski definition) is 1. The van der Waals surface area contributed by atoms with Crippen molar-refractivity contribution < 1.29 is 0 Å². The van der Waals surface area contributed by atoms with Crippen LogP contribution in [0.5, 0.6) is 0 Å². The van der Waals surface area contributed by atoms with Gasteiger partial charge in [0, 0.05) is 20.3 Å². The molecule has 0 spiro atoms. The zero-order valence-corrected chi connectivity index (χ0v) is 5.81. The summed E-state index contributed by atoms with van der Waals surface area (Å²) < 4.78 is 0. The van der Waals surface area contributed by atoms with E-state index in [9.17, 15) is 0 Å². The van der Waals surface area contributed by atoms with Gasteiger partial charge in [-0.15, -0.1) is 0 Å². The minimum atomic E-state index is 0.444. The maximum Gasteiger partial charge on any atom is 0.197 e. The summed E-state index contributed by atoms with van der Waals surface area (Å²) in [6, 6.07) is 0. The van der Waals surface area contributed by atoms with Crippen LogP contribution >= 0.6 is 11.6 Å². The molecular weight excluding hydrogens is 124 g/mol. The Labute approximate surface area is 54.5 Å². The molecule has 0 aliphatic rings. The summed E-state index contributed by atoms with van der Waals surface area (Å²) in [6.45, 7) is 3.38. The van der Waals surface area contributed by atoms with Crippen LogP contribution in [0.25, 0.3) is 0 Å². The van der Waals surface area contributed by atoms with E-state index in [1.54, 1.807) is 4.90 Å². The lowest BCUT2D eigenvalue weighted by Crippen LogP contribution is -2.15. The molecule has 0 aliphatic carbocycles. The number of halogens is 1. The normalized spacial score (nSPS) is 11.1. The average Bonchev–Trinajstić information content (AvgIpc) is 1.67. The van der Waals surface area contributed by atoms with Crippen molar-refractivity contribution in [2.45, 2.75) is 0 Å². The van der Waals surface area contributed by atoms with Gasteiger partial charge in [0.05, 0.1) is 0 Å². The molecule has 0 heterocycles. The second-order valence-corrected chi connectivity index (χ2v) is 1.81. The Balaban J connectivity index is 3.78. The standard InChI is InChI=1S/C5H9ClN2/c1-4-7-5(6)8(2)3/h4H,1H2,2-3H3/b7-5-. The van der Waals surface area contributed by atoms with Gasteiger partial charge in [-0.3, -0.25) is 0 Å². The van der Waals surface area contributed by atoms with Gasteiger partial charge in [0.2, 0.25) is 0 Å². The molecule has 0 aliphatic heterocycles. The fourth-order valence-corrected chi connectivity index (χ4v) is 0.260. The Morgan fingerprint density at radius 3 is 2.38 bits per heavy atom. The highest BCUT2D eigenvalue weighted by Crippen LogP contribution is 1.88. The van der Waals surface area contributed by atoms with Crippen molar-refractivity contribution in [3.63, 3.8) is 0 Å². The minimum Gasteiger partial charge on any atom is -0.353 e. The average molecular weight is 133 g/mol. The van der Waals surface area contributed by atoms with Crippen LogP contribution in [0.4, 0.5) is 0 Å². The van der Waals surface area contributed by atoms with Crippen LogP contribution in [0.2, 0.25) is 0 Å². The largest absolute Gasteiger partial charge is 0.353 e. The van der Waals surface area contributed by atoms with Gasteiger partial charge in [-0.2, -0.15) is 0 Å². The predicted molar refractivity (Wildman–Crippen MR) is 37.2 cm³/mol. The molecule has 0 rings (SSSR count). The third-order valence-corrected chi connectivity index (χ3v) is 1.00. The Bertz CT molecular complexity index is 107. The lowest BCUT2D eigenvalue weighted by molar-refractivity contribution is 0.635. The molecule has 0 unspecified atom stereocenters. The monoisotopic (exact) mass is 132 g/mol. The summed E-state index contributed by atoms with van der Waals surface area (Å²) in [7, 11) is 3.63. The van der Waals surface area contributed by atoms with Crippen LogP contribution in [0.1, 0.15) is 0 Å². The highest BCUT2D eigenvalue weighted by molar-refractivity contribution is 6.64. The van der Waals surface area contributed by atoms with Gasteiger partial charge >= 0.3 is 0 Å².